The molecule has 1 aromatic heterocycles. The highest BCUT2D eigenvalue weighted by Gasteiger charge is 2.20. The lowest BCUT2D eigenvalue weighted by molar-refractivity contribution is -0.122. The number of benzene rings is 2. The van der Waals surface area contributed by atoms with Gasteiger partial charge in [-0.25, -0.2) is 8.42 Å². The molecular weight excluding hydrogens is 438 g/mol. The standard InChI is InChI=1S/C21H25N3O5S2/c1-5-18(29-16-10-8-15(9-11-16)23(3)31(4,27)28)20(25)22-14-7-12-17-19(13-14)30-21(26)24(17)6-2/h7-13,18H,5-6H2,1-4H3,(H,22,25)/t18-/m1/s1. The smallest absolute Gasteiger partial charge is 0.308 e. The Morgan fingerprint density at radius 1 is 1.19 bits per heavy atom. The number of aromatic nitrogens is 1. The number of sulfonamides is 1. The molecule has 1 amide bonds. The summed E-state index contributed by atoms with van der Waals surface area (Å²) in [7, 11) is -1.89. The number of thiazole rings is 1. The first-order chi connectivity index (χ1) is 14.6. The van der Waals surface area contributed by atoms with Gasteiger partial charge < -0.3 is 10.1 Å². The molecule has 0 radical (unpaired) electrons. The van der Waals surface area contributed by atoms with E-state index in [1.54, 1.807) is 41.0 Å². The summed E-state index contributed by atoms with van der Waals surface area (Å²) in [5, 5.41) is 2.85. The number of hydrogen-bond donors (Lipinski definition) is 1. The SMILES string of the molecule is CC[C@@H](Oc1ccc(N(C)S(C)(=O)=O)cc1)C(=O)Nc1ccc2c(c1)sc(=O)n2CC. The summed E-state index contributed by atoms with van der Waals surface area (Å²) in [6.45, 7) is 4.35. The van der Waals surface area contributed by atoms with Crippen LogP contribution in [0.25, 0.3) is 10.2 Å². The number of fused-ring (bicyclic) bond motifs is 1. The zero-order valence-electron chi connectivity index (χ0n) is 17.8. The van der Waals surface area contributed by atoms with Gasteiger partial charge in [0, 0.05) is 19.3 Å². The first kappa shape index (κ1) is 22.8. The van der Waals surface area contributed by atoms with Gasteiger partial charge in [-0.1, -0.05) is 18.3 Å². The predicted octanol–water partition coefficient (Wildman–Crippen LogP) is 3.27. The predicted molar refractivity (Wildman–Crippen MR) is 125 cm³/mol. The summed E-state index contributed by atoms with van der Waals surface area (Å²) in [6.07, 6.45) is 0.842. The van der Waals surface area contributed by atoms with Crippen molar-refractivity contribution in [1.82, 2.24) is 4.57 Å². The summed E-state index contributed by atoms with van der Waals surface area (Å²) in [6, 6.07) is 11.9. The van der Waals surface area contributed by atoms with Crippen LogP contribution in [-0.4, -0.2) is 38.3 Å². The maximum atomic E-state index is 12.7. The van der Waals surface area contributed by atoms with Gasteiger partial charge in [-0.2, -0.15) is 0 Å². The number of amides is 1. The Bertz CT molecular complexity index is 1250. The van der Waals surface area contributed by atoms with E-state index in [0.717, 1.165) is 32.1 Å². The van der Waals surface area contributed by atoms with Crippen LogP contribution in [-0.2, 0) is 21.4 Å². The Hall–Kier alpha value is -2.85. The average molecular weight is 464 g/mol. The van der Waals surface area contributed by atoms with Gasteiger partial charge >= 0.3 is 4.87 Å². The fourth-order valence-electron chi connectivity index (χ4n) is 3.08. The molecule has 10 heteroatoms. The first-order valence-corrected chi connectivity index (χ1v) is 12.5. The summed E-state index contributed by atoms with van der Waals surface area (Å²) in [4.78, 5) is 24.7. The van der Waals surface area contributed by atoms with E-state index >= 15 is 0 Å². The first-order valence-electron chi connectivity index (χ1n) is 9.79. The summed E-state index contributed by atoms with van der Waals surface area (Å²) < 4.78 is 32.8. The quantitative estimate of drug-likeness (QED) is 0.553. The van der Waals surface area contributed by atoms with Crippen LogP contribution in [0.5, 0.6) is 5.75 Å². The average Bonchev–Trinajstić information content (AvgIpc) is 3.05. The maximum absolute atomic E-state index is 12.7. The number of carbonyl (C=O) groups excluding carboxylic acids is 1. The van der Waals surface area contributed by atoms with E-state index < -0.39 is 16.1 Å². The highest BCUT2D eigenvalue weighted by atomic mass is 32.2. The summed E-state index contributed by atoms with van der Waals surface area (Å²) in [5.41, 5.74) is 1.94. The number of aryl methyl sites for hydroxylation is 1. The minimum Gasteiger partial charge on any atom is -0.481 e. The number of hydrogen-bond acceptors (Lipinski definition) is 6. The van der Waals surface area contributed by atoms with Crippen LogP contribution in [0.4, 0.5) is 11.4 Å². The lowest BCUT2D eigenvalue weighted by atomic mass is 10.2. The van der Waals surface area contributed by atoms with Crippen LogP contribution >= 0.6 is 11.3 Å². The van der Waals surface area contributed by atoms with Crippen molar-refractivity contribution >= 4 is 48.9 Å². The molecule has 3 aromatic rings. The third-order valence-corrected chi connectivity index (χ3v) is 7.04. The van der Waals surface area contributed by atoms with Crippen LogP contribution in [0.2, 0.25) is 0 Å². The second kappa shape index (κ2) is 9.11. The fourth-order valence-corrected chi connectivity index (χ4v) is 4.58. The molecule has 0 saturated carbocycles. The Morgan fingerprint density at radius 2 is 1.87 bits per heavy atom. The van der Waals surface area contributed by atoms with Crippen molar-refractivity contribution in [3.8, 4) is 5.75 Å². The second-order valence-electron chi connectivity index (χ2n) is 7.02. The Labute approximate surface area is 185 Å². The van der Waals surface area contributed by atoms with Crippen molar-refractivity contribution in [1.29, 1.82) is 0 Å². The zero-order valence-corrected chi connectivity index (χ0v) is 19.4. The molecule has 31 heavy (non-hydrogen) atoms. The number of anilines is 2. The normalized spacial score (nSPS) is 12.5. The van der Waals surface area contributed by atoms with Crippen molar-refractivity contribution in [2.75, 3.05) is 22.9 Å². The van der Waals surface area contributed by atoms with Gasteiger partial charge in [0.2, 0.25) is 10.0 Å². The van der Waals surface area contributed by atoms with E-state index in [1.807, 2.05) is 19.9 Å². The third-order valence-electron chi connectivity index (χ3n) is 4.89. The molecule has 1 atom stereocenters. The molecule has 2 aromatic carbocycles. The van der Waals surface area contributed by atoms with Crippen molar-refractivity contribution in [2.24, 2.45) is 0 Å². The van der Waals surface area contributed by atoms with E-state index in [0.29, 0.717) is 30.1 Å². The Kier molecular flexibility index (Phi) is 6.71. The number of nitrogens with one attached hydrogen (secondary N) is 1. The Morgan fingerprint density at radius 3 is 2.45 bits per heavy atom. The second-order valence-corrected chi connectivity index (χ2v) is 10.0. The highest BCUT2D eigenvalue weighted by Crippen LogP contribution is 2.24. The molecule has 0 aliphatic heterocycles. The molecule has 166 valence electrons. The zero-order chi connectivity index (χ0) is 22.8. The van der Waals surface area contributed by atoms with Crippen LogP contribution < -0.4 is 19.2 Å². The van der Waals surface area contributed by atoms with Crippen molar-refractivity contribution < 1.29 is 17.9 Å². The van der Waals surface area contributed by atoms with Crippen molar-refractivity contribution in [3.63, 3.8) is 0 Å². The molecule has 8 nitrogen and oxygen atoms in total. The molecule has 0 aliphatic carbocycles. The molecule has 0 aliphatic rings. The van der Waals surface area contributed by atoms with Crippen LogP contribution in [0.3, 0.4) is 0 Å². The lowest BCUT2D eigenvalue weighted by Gasteiger charge is -2.19. The lowest BCUT2D eigenvalue weighted by Crippen LogP contribution is -2.32. The van der Waals surface area contributed by atoms with Gasteiger partial charge in [-0.3, -0.25) is 18.5 Å². The van der Waals surface area contributed by atoms with Gasteiger partial charge in [-0.15, -0.1) is 0 Å². The number of nitrogens with zero attached hydrogens (tertiary/aromatic N) is 2. The minimum atomic E-state index is -3.36. The third kappa shape index (κ3) is 5.08. The van der Waals surface area contributed by atoms with Crippen LogP contribution in [0, 0.1) is 0 Å². The van der Waals surface area contributed by atoms with Gasteiger partial charge in [0.05, 0.1) is 22.2 Å². The van der Waals surface area contributed by atoms with Crippen LogP contribution in [0.15, 0.2) is 47.3 Å². The summed E-state index contributed by atoms with van der Waals surface area (Å²) >= 11 is 1.14. The van der Waals surface area contributed by atoms with Crippen molar-refractivity contribution in [2.45, 2.75) is 32.9 Å². The molecular formula is C21H25N3O5S2. The van der Waals surface area contributed by atoms with E-state index in [-0.39, 0.29) is 10.8 Å². The molecule has 3 rings (SSSR count). The molecule has 0 saturated heterocycles. The number of ether oxygens (including phenoxy) is 1. The van der Waals surface area contributed by atoms with Gasteiger partial charge in [0.1, 0.15) is 5.75 Å². The van der Waals surface area contributed by atoms with Gasteiger partial charge in [-0.05, 0) is 55.8 Å². The molecule has 0 unspecified atom stereocenters. The monoisotopic (exact) mass is 463 g/mol. The van der Waals surface area contributed by atoms with E-state index in [2.05, 4.69) is 5.32 Å². The topological polar surface area (TPSA) is 97.7 Å². The minimum absolute atomic E-state index is 0.0271. The van der Waals surface area contributed by atoms with Crippen LogP contribution in [0.1, 0.15) is 20.3 Å². The van der Waals surface area contributed by atoms with E-state index in [4.69, 9.17) is 4.74 Å². The fraction of sp³-hybridized carbons (Fsp3) is 0.333. The van der Waals surface area contributed by atoms with Crippen molar-refractivity contribution in [3.05, 3.63) is 52.1 Å². The van der Waals surface area contributed by atoms with E-state index in [9.17, 15) is 18.0 Å². The Balaban J connectivity index is 1.72. The maximum Gasteiger partial charge on any atom is 0.308 e. The summed E-state index contributed by atoms with van der Waals surface area (Å²) in [5.74, 6) is 0.155. The molecule has 0 bridgehead atoms. The highest BCUT2D eigenvalue weighted by molar-refractivity contribution is 7.92. The number of rotatable bonds is 8. The largest absolute Gasteiger partial charge is 0.481 e. The molecule has 1 heterocycles. The van der Waals surface area contributed by atoms with Gasteiger partial charge in [0.25, 0.3) is 5.91 Å². The molecule has 0 fully saturated rings. The van der Waals surface area contributed by atoms with Gasteiger partial charge in [0.15, 0.2) is 6.10 Å². The van der Waals surface area contributed by atoms with E-state index in [1.165, 1.54) is 7.05 Å². The molecule has 0 spiro atoms. The number of carbonyl (C=O) groups is 1. The molecule has 1 N–H and O–H groups in total.